The molecule has 124 valence electrons. The Morgan fingerprint density at radius 3 is 2.83 bits per heavy atom. The first-order chi connectivity index (χ1) is 10.9. The summed E-state index contributed by atoms with van der Waals surface area (Å²) in [6.45, 7) is 5.99. The molecule has 1 aliphatic rings. The van der Waals surface area contributed by atoms with Gasteiger partial charge in [0.1, 0.15) is 0 Å². The van der Waals surface area contributed by atoms with Gasteiger partial charge in [-0.2, -0.15) is 5.10 Å². The summed E-state index contributed by atoms with van der Waals surface area (Å²) in [6.07, 6.45) is 2.13. The van der Waals surface area contributed by atoms with Crippen molar-refractivity contribution in [3.8, 4) is 0 Å². The highest BCUT2D eigenvalue weighted by molar-refractivity contribution is 7.15. The molecule has 3 rings (SSSR count). The lowest BCUT2D eigenvalue weighted by molar-refractivity contribution is -0.116. The molecule has 3 heterocycles. The van der Waals surface area contributed by atoms with Crippen LogP contribution in [0.4, 0.5) is 5.13 Å². The van der Waals surface area contributed by atoms with Gasteiger partial charge in [0.25, 0.3) is 0 Å². The lowest BCUT2D eigenvalue weighted by Crippen LogP contribution is -2.25. The molecular weight excluding hydrogens is 310 g/mol. The van der Waals surface area contributed by atoms with Crippen LogP contribution in [0.2, 0.25) is 0 Å². The van der Waals surface area contributed by atoms with Gasteiger partial charge >= 0.3 is 0 Å². The van der Waals surface area contributed by atoms with Crippen LogP contribution in [0.3, 0.4) is 0 Å². The molecule has 0 aromatic carbocycles. The molecule has 23 heavy (non-hydrogen) atoms. The van der Waals surface area contributed by atoms with Crippen LogP contribution in [0.25, 0.3) is 0 Å². The maximum absolute atomic E-state index is 12.2. The number of carbonyl (C=O) groups excluding carboxylic acids is 1. The van der Waals surface area contributed by atoms with Crippen molar-refractivity contribution in [2.75, 3.05) is 18.9 Å². The number of thiazole rings is 1. The molecule has 2 aromatic heterocycles. The van der Waals surface area contributed by atoms with Gasteiger partial charge in [-0.1, -0.05) is 0 Å². The molecule has 0 spiro atoms. The number of fused-ring (bicyclic) bond motifs is 1. The molecular formula is C16H23N5OS. The van der Waals surface area contributed by atoms with Gasteiger partial charge in [0, 0.05) is 43.5 Å². The molecule has 0 unspecified atom stereocenters. The van der Waals surface area contributed by atoms with E-state index in [2.05, 4.69) is 27.3 Å². The highest BCUT2D eigenvalue weighted by Gasteiger charge is 2.19. The summed E-state index contributed by atoms with van der Waals surface area (Å²) in [4.78, 5) is 20.3. The first-order valence-electron chi connectivity index (χ1n) is 7.90. The predicted octanol–water partition coefficient (Wildman–Crippen LogP) is 2.05. The molecule has 2 aromatic rings. The summed E-state index contributed by atoms with van der Waals surface area (Å²) in [6, 6.07) is 0. The molecule has 6 nitrogen and oxygen atoms in total. The van der Waals surface area contributed by atoms with Gasteiger partial charge in [-0.3, -0.25) is 9.48 Å². The zero-order valence-electron chi connectivity index (χ0n) is 14.1. The van der Waals surface area contributed by atoms with Crippen LogP contribution in [-0.4, -0.2) is 39.2 Å². The van der Waals surface area contributed by atoms with E-state index in [1.54, 1.807) is 11.3 Å². The van der Waals surface area contributed by atoms with E-state index in [1.807, 2.05) is 25.6 Å². The van der Waals surface area contributed by atoms with Gasteiger partial charge in [0.15, 0.2) is 5.13 Å². The lowest BCUT2D eigenvalue weighted by Gasteiger charge is -2.20. The average molecular weight is 333 g/mol. The van der Waals surface area contributed by atoms with Crippen molar-refractivity contribution in [3.05, 3.63) is 27.5 Å². The Bertz CT molecular complexity index is 733. The number of aryl methyl sites for hydroxylation is 2. The van der Waals surface area contributed by atoms with E-state index < -0.39 is 0 Å². The number of amides is 1. The first-order valence-corrected chi connectivity index (χ1v) is 8.71. The van der Waals surface area contributed by atoms with Crippen molar-refractivity contribution < 1.29 is 4.79 Å². The van der Waals surface area contributed by atoms with Gasteiger partial charge in [-0.25, -0.2) is 4.98 Å². The van der Waals surface area contributed by atoms with Crippen molar-refractivity contribution in [1.29, 1.82) is 0 Å². The van der Waals surface area contributed by atoms with Crippen molar-refractivity contribution in [2.24, 2.45) is 7.05 Å². The fourth-order valence-corrected chi connectivity index (χ4v) is 4.08. The van der Waals surface area contributed by atoms with E-state index in [0.717, 1.165) is 41.7 Å². The van der Waals surface area contributed by atoms with Crippen molar-refractivity contribution in [1.82, 2.24) is 19.7 Å². The molecule has 0 fully saturated rings. The Morgan fingerprint density at radius 1 is 1.35 bits per heavy atom. The number of anilines is 1. The van der Waals surface area contributed by atoms with Crippen LogP contribution in [-0.2, 0) is 31.2 Å². The SMILES string of the molecule is Cc1nn(C)c(C)c1CCC(=O)Nc1nc2c(s1)CN(C)CC2. The Balaban J connectivity index is 1.60. The molecule has 0 saturated heterocycles. The molecule has 0 saturated carbocycles. The highest BCUT2D eigenvalue weighted by atomic mass is 32.1. The number of hydrogen-bond acceptors (Lipinski definition) is 5. The van der Waals surface area contributed by atoms with Crippen LogP contribution in [0.1, 0.15) is 33.9 Å². The molecule has 0 atom stereocenters. The highest BCUT2D eigenvalue weighted by Crippen LogP contribution is 2.27. The van der Waals surface area contributed by atoms with E-state index in [-0.39, 0.29) is 5.91 Å². The van der Waals surface area contributed by atoms with E-state index >= 15 is 0 Å². The molecule has 0 aliphatic carbocycles. The van der Waals surface area contributed by atoms with E-state index in [1.165, 1.54) is 10.4 Å². The minimum Gasteiger partial charge on any atom is -0.302 e. The van der Waals surface area contributed by atoms with Crippen LogP contribution in [0, 0.1) is 13.8 Å². The molecule has 1 aliphatic heterocycles. The Labute approximate surface area is 140 Å². The number of hydrogen-bond donors (Lipinski definition) is 1. The van der Waals surface area contributed by atoms with Crippen LogP contribution in [0.5, 0.6) is 0 Å². The van der Waals surface area contributed by atoms with Crippen molar-refractivity contribution in [2.45, 2.75) is 39.7 Å². The number of nitrogens with one attached hydrogen (secondary N) is 1. The van der Waals surface area contributed by atoms with Crippen molar-refractivity contribution in [3.63, 3.8) is 0 Å². The maximum Gasteiger partial charge on any atom is 0.226 e. The number of likely N-dealkylation sites (N-methyl/N-ethyl adjacent to an activating group) is 1. The maximum atomic E-state index is 12.2. The van der Waals surface area contributed by atoms with Crippen LogP contribution >= 0.6 is 11.3 Å². The summed E-state index contributed by atoms with van der Waals surface area (Å²) in [5.74, 6) is 0.0205. The van der Waals surface area contributed by atoms with Gasteiger partial charge in [-0.15, -0.1) is 11.3 Å². The number of nitrogens with zero attached hydrogens (tertiary/aromatic N) is 4. The fourth-order valence-electron chi connectivity index (χ4n) is 2.98. The third-order valence-corrected chi connectivity index (χ3v) is 5.43. The first kappa shape index (κ1) is 16.1. The topological polar surface area (TPSA) is 63.1 Å². The minimum atomic E-state index is 0.0205. The van der Waals surface area contributed by atoms with E-state index in [9.17, 15) is 4.79 Å². The average Bonchev–Trinajstić information content (AvgIpc) is 2.98. The standard InChI is InChI=1S/C16H23N5OS/c1-10-12(11(2)21(4)19-10)5-6-15(22)18-16-17-13-7-8-20(3)9-14(13)23-16/h5-9H2,1-4H3,(H,17,18,22). The second-order valence-corrected chi connectivity index (χ2v) is 7.28. The smallest absolute Gasteiger partial charge is 0.226 e. The second-order valence-electron chi connectivity index (χ2n) is 6.20. The van der Waals surface area contributed by atoms with Gasteiger partial charge in [0.05, 0.1) is 11.4 Å². The third-order valence-electron chi connectivity index (χ3n) is 4.43. The largest absolute Gasteiger partial charge is 0.302 e. The zero-order chi connectivity index (χ0) is 16.6. The number of rotatable bonds is 4. The summed E-state index contributed by atoms with van der Waals surface area (Å²) in [5, 5.41) is 8.08. The predicted molar refractivity (Wildman–Crippen MR) is 91.8 cm³/mol. The quantitative estimate of drug-likeness (QED) is 0.930. The summed E-state index contributed by atoms with van der Waals surface area (Å²) < 4.78 is 1.87. The number of aromatic nitrogens is 3. The third kappa shape index (κ3) is 3.45. The van der Waals surface area contributed by atoms with Gasteiger partial charge < -0.3 is 10.2 Å². The fraction of sp³-hybridized carbons (Fsp3) is 0.562. The van der Waals surface area contributed by atoms with E-state index in [0.29, 0.717) is 12.8 Å². The van der Waals surface area contributed by atoms with Crippen LogP contribution in [0.15, 0.2) is 0 Å². The summed E-state index contributed by atoms with van der Waals surface area (Å²) in [5.41, 5.74) is 4.44. The Morgan fingerprint density at radius 2 is 2.13 bits per heavy atom. The summed E-state index contributed by atoms with van der Waals surface area (Å²) in [7, 11) is 4.04. The molecule has 1 amide bonds. The van der Waals surface area contributed by atoms with E-state index in [4.69, 9.17) is 0 Å². The minimum absolute atomic E-state index is 0.0205. The Kier molecular flexibility index (Phi) is 4.50. The lowest BCUT2D eigenvalue weighted by atomic mass is 10.1. The van der Waals surface area contributed by atoms with Crippen molar-refractivity contribution >= 4 is 22.4 Å². The normalized spacial score (nSPS) is 14.8. The van der Waals surface area contributed by atoms with Gasteiger partial charge in [-0.05, 0) is 32.9 Å². The monoisotopic (exact) mass is 333 g/mol. The number of carbonyl (C=O) groups is 1. The molecule has 0 bridgehead atoms. The summed E-state index contributed by atoms with van der Waals surface area (Å²) >= 11 is 1.60. The second kappa shape index (κ2) is 6.41. The molecule has 7 heteroatoms. The molecule has 1 N–H and O–H groups in total. The molecule has 0 radical (unpaired) electrons. The van der Waals surface area contributed by atoms with Gasteiger partial charge in [0.2, 0.25) is 5.91 Å². The Hall–Kier alpha value is -1.73. The zero-order valence-corrected chi connectivity index (χ0v) is 15.0. The van der Waals surface area contributed by atoms with Crippen LogP contribution < -0.4 is 5.32 Å².